The summed E-state index contributed by atoms with van der Waals surface area (Å²) in [5.41, 5.74) is 13.3. The summed E-state index contributed by atoms with van der Waals surface area (Å²) in [6.07, 6.45) is 0. The van der Waals surface area contributed by atoms with Gasteiger partial charge in [-0.1, -0.05) is 172 Å². The highest BCUT2D eigenvalue weighted by molar-refractivity contribution is 6.30. The smallest absolute Gasteiger partial charge is 0.159 e. The van der Waals surface area contributed by atoms with Gasteiger partial charge < -0.3 is 27.5 Å². The minimum Gasteiger partial charge on any atom is -0.454 e. The molecule has 6 nitrogen and oxygen atoms in total. The lowest BCUT2D eigenvalue weighted by molar-refractivity contribution is 0.596. The van der Waals surface area contributed by atoms with E-state index in [0.29, 0.717) is 0 Å². The fourth-order valence-electron chi connectivity index (χ4n) is 12.3. The Bertz CT molecular complexity index is 4750. The van der Waals surface area contributed by atoms with Crippen molar-refractivity contribution < 1.29 is 17.7 Å². The summed E-state index contributed by atoms with van der Waals surface area (Å²) >= 11 is 0. The van der Waals surface area contributed by atoms with Gasteiger partial charge in [-0.15, -0.1) is 0 Å². The van der Waals surface area contributed by atoms with Crippen molar-refractivity contribution >= 4 is 154 Å². The SMILES string of the molecule is CC(C)(C)c1cc(N(c2cccc3c2oc2ccccc23)c2cccc3c2oc2ccccc23)c2ccc3ccc(N(c4cccc5c4oc4ccccc45)c4cccc5c4oc4ccccc45)c4ccc1c2c34. The number of fused-ring (bicyclic) bond motifs is 12. The van der Waals surface area contributed by atoms with Crippen molar-refractivity contribution in [2.75, 3.05) is 9.80 Å². The number of hydrogen-bond acceptors (Lipinski definition) is 6. The van der Waals surface area contributed by atoms with Crippen LogP contribution >= 0.6 is 0 Å². The topological polar surface area (TPSA) is 59.0 Å². The van der Waals surface area contributed by atoms with Gasteiger partial charge in [-0.05, 0) is 93.2 Å². The van der Waals surface area contributed by atoms with Crippen LogP contribution in [0, 0.1) is 0 Å². The van der Waals surface area contributed by atoms with Gasteiger partial charge in [0.25, 0.3) is 0 Å². The largest absolute Gasteiger partial charge is 0.454 e. The first-order valence-electron chi connectivity index (χ1n) is 25.3. The van der Waals surface area contributed by atoms with Gasteiger partial charge in [0.2, 0.25) is 0 Å². The number of para-hydroxylation sites is 8. The summed E-state index contributed by atoms with van der Waals surface area (Å²) in [6.45, 7) is 6.97. The molecule has 0 aliphatic heterocycles. The average molecular weight is 953 g/mol. The predicted molar refractivity (Wildman–Crippen MR) is 307 cm³/mol. The fraction of sp³-hybridized carbons (Fsp3) is 0.0588. The predicted octanol–water partition coefficient (Wildman–Crippen LogP) is 20.4. The number of nitrogens with zero attached hydrogens (tertiary/aromatic N) is 2. The van der Waals surface area contributed by atoms with Gasteiger partial charge >= 0.3 is 0 Å². The molecule has 4 aromatic heterocycles. The summed E-state index contributed by atoms with van der Waals surface area (Å²) in [7, 11) is 0. The molecule has 16 rings (SSSR count). The lowest BCUT2D eigenvalue weighted by Crippen LogP contribution is -2.16. The zero-order chi connectivity index (χ0) is 49.0. The van der Waals surface area contributed by atoms with Gasteiger partial charge in [0.1, 0.15) is 22.3 Å². The normalized spacial score (nSPS) is 12.5. The van der Waals surface area contributed by atoms with Crippen molar-refractivity contribution in [3.63, 3.8) is 0 Å². The first-order chi connectivity index (χ1) is 36.4. The molecular weight excluding hydrogens is 909 g/mol. The Kier molecular flexibility index (Phi) is 8.34. The van der Waals surface area contributed by atoms with Crippen LogP contribution in [0.2, 0.25) is 0 Å². The lowest BCUT2D eigenvalue weighted by atomic mass is 9.80. The Labute approximate surface area is 423 Å². The molecule has 4 heterocycles. The second-order valence-corrected chi connectivity index (χ2v) is 20.7. The highest BCUT2D eigenvalue weighted by Gasteiger charge is 2.31. The minimum absolute atomic E-state index is 0.262. The molecule has 74 heavy (non-hydrogen) atoms. The molecule has 0 unspecified atom stereocenters. The molecule has 0 atom stereocenters. The highest BCUT2D eigenvalue weighted by Crippen LogP contribution is 2.54. The molecule has 0 radical (unpaired) electrons. The second-order valence-electron chi connectivity index (χ2n) is 20.7. The quantitative estimate of drug-likeness (QED) is 0.155. The van der Waals surface area contributed by atoms with Gasteiger partial charge in [0, 0.05) is 53.9 Å². The van der Waals surface area contributed by atoms with E-state index in [-0.39, 0.29) is 5.41 Å². The van der Waals surface area contributed by atoms with Crippen LogP contribution in [0.4, 0.5) is 34.1 Å². The van der Waals surface area contributed by atoms with Crippen molar-refractivity contribution in [3.8, 4) is 0 Å². The third-order valence-corrected chi connectivity index (χ3v) is 15.5. The van der Waals surface area contributed by atoms with Crippen LogP contribution in [0.25, 0.3) is 120 Å². The molecule has 16 aromatic rings. The molecule has 12 aromatic carbocycles. The third-order valence-electron chi connectivity index (χ3n) is 15.5. The van der Waals surface area contributed by atoms with E-state index in [1.807, 2.05) is 24.3 Å². The van der Waals surface area contributed by atoms with Crippen LogP contribution in [-0.4, -0.2) is 0 Å². The fourth-order valence-corrected chi connectivity index (χ4v) is 12.3. The molecule has 6 heteroatoms. The number of rotatable bonds is 6. The van der Waals surface area contributed by atoms with Gasteiger partial charge in [0.15, 0.2) is 22.3 Å². The minimum atomic E-state index is -0.262. The maximum atomic E-state index is 6.93. The maximum Gasteiger partial charge on any atom is 0.159 e. The van der Waals surface area contributed by atoms with E-state index in [1.54, 1.807) is 0 Å². The van der Waals surface area contributed by atoms with E-state index in [1.165, 1.54) is 21.7 Å². The van der Waals surface area contributed by atoms with Crippen LogP contribution in [0.3, 0.4) is 0 Å². The third kappa shape index (κ3) is 5.70. The molecular formula is C68H44N2O4. The number of benzene rings is 12. The highest BCUT2D eigenvalue weighted by atomic mass is 16.3. The van der Waals surface area contributed by atoms with E-state index in [0.717, 1.165) is 138 Å². The van der Waals surface area contributed by atoms with Gasteiger partial charge in [-0.3, -0.25) is 0 Å². The summed E-state index contributed by atoms with van der Waals surface area (Å²) in [4.78, 5) is 4.76. The maximum absolute atomic E-state index is 6.93. The van der Waals surface area contributed by atoms with Gasteiger partial charge in [-0.2, -0.15) is 0 Å². The summed E-state index contributed by atoms with van der Waals surface area (Å²) < 4.78 is 27.6. The van der Waals surface area contributed by atoms with E-state index in [4.69, 9.17) is 17.7 Å². The molecule has 0 bridgehead atoms. The summed E-state index contributed by atoms with van der Waals surface area (Å²) in [5.74, 6) is 0. The van der Waals surface area contributed by atoms with Crippen LogP contribution in [0.15, 0.2) is 230 Å². The van der Waals surface area contributed by atoms with Crippen LogP contribution < -0.4 is 9.80 Å². The number of anilines is 6. The number of furan rings is 4. The van der Waals surface area contributed by atoms with Crippen LogP contribution in [0.1, 0.15) is 26.3 Å². The number of hydrogen-bond donors (Lipinski definition) is 0. The van der Waals surface area contributed by atoms with Crippen molar-refractivity contribution in [2.45, 2.75) is 26.2 Å². The molecule has 0 saturated carbocycles. The molecule has 0 amide bonds. The Balaban J connectivity index is 1.03. The van der Waals surface area contributed by atoms with Gasteiger partial charge in [0.05, 0.1) is 34.1 Å². The standard InChI is InChI=1S/C68H44N2O4/c1-68(2,3)51-38-57(70(55-26-14-22-46-42-18-6-10-30-60(42)73-66(46)55)56-27-15-23-47-43-19-7-11-31-61(43)74-67(47)56)50-34-32-39-33-37-52(49-36-35-48(51)63(50)62(39)49)69(53-24-12-20-44-40-16-4-8-28-58(40)71-64(44)53)54-25-13-21-45-41-17-5-9-29-59(41)72-65(45)54/h4-38H,1-3H3. The molecule has 0 spiro atoms. The van der Waals surface area contributed by atoms with E-state index >= 15 is 0 Å². The van der Waals surface area contributed by atoms with E-state index < -0.39 is 0 Å². The molecule has 0 aliphatic carbocycles. The monoisotopic (exact) mass is 952 g/mol. The van der Waals surface area contributed by atoms with Crippen molar-refractivity contribution in [1.82, 2.24) is 0 Å². The summed E-state index contributed by atoms with van der Waals surface area (Å²) in [5, 5.41) is 15.4. The van der Waals surface area contributed by atoms with Crippen molar-refractivity contribution in [2.24, 2.45) is 0 Å². The summed E-state index contributed by atoms with van der Waals surface area (Å²) in [6, 6.07) is 75.5. The second kappa shape index (κ2) is 15.0. The van der Waals surface area contributed by atoms with Crippen molar-refractivity contribution in [3.05, 3.63) is 218 Å². The molecule has 0 fully saturated rings. The zero-order valence-corrected chi connectivity index (χ0v) is 40.7. The Morgan fingerprint density at radius 2 is 0.608 bits per heavy atom. The first kappa shape index (κ1) is 41.1. The zero-order valence-electron chi connectivity index (χ0n) is 40.7. The molecule has 0 N–H and O–H groups in total. The Morgan fingerprint density at radius 3 is 1.03 bits per heavy atom. The van der Waals surface area contributed by atoms with Gasteiger partial charge in [-0.25, -0.2) is 0 Å². The van der Waals surface area contributed by atoms with E-state index in [9.17, 15) is 0 Å². The molecule has 0 aliphatic rings. The Morgan fingerprint density at radius 1 is 0.270 bits per heavy atom. The van der Waals surface area contributed by atoms with Crippen LogP contribution in [-0.2, 0) is 5.41 Å². The average Bonchev–Trinajstić information content (AvgIpc) is 4.22. The van der Waals surface area contributed by atoms with Crippen LogP contribution in [0.5, 0.6) is 0 Å². The lowest BCUT2D eigenvalue weighted by Gasteiger charge is -2.32. The Hall–Kier alpha value is -9.52. The first-order valence-corrected chi connectivity index (χ1v) is 25.3. The van der Waals surface area contributed by atoms with E-state index in [2.05, 4.69) is 219 Å². The molecule has 350 valence electrons. The van der Waals surface area contributed by atoms with Crippen molar-refractivity contribution in [1.29, 1.82) is 0 Å². The molecule has 0 saturated heterocycles.